The van der Waals surface area contributed by atoms with E-state index in [-0.39, 0.29) is 17.8 Å². The van der Waals surface area contributed by atoms with Gasteiger partial charge in [-0.1, -0.05) is 12.1 Å². The maximum absolute atomic E-state index is 13.0. The maximum atomic E-state index is 13.0. The number of nitrogens with two attached hydrogens (primary N) is 1. The van der Waals surface area contributed by atoms with Gasteiger partial charge < -0.3 is 15.8 Å². The van der Waals surface area contributed by atoms with Crippen LogP contribution >= 0.6 is 0 Å². The molecule has 0 aliphatic rings. The lowest BCUT2D eigenvalue weighted by molar-refractivity contribution is -0.123. The molecule has 0 bridgehead atoms. The van der Waals surface area contributed by atoms with E-state index in [1.807, 2.05) is 0 Å². The Morgan fingerprint density at radius 3 is 2.89 bits per heavy atom. The third kappa shape index (κ3) is 4.43. The Labute approximate surface area is 106 Å². The first-order chi connectivity index (χ1) is 8.54. The van der Waals surface area contributed by atoms with Crippen LogP contribution in [0.15, 0.2) is 24.3 Å². The largest absolute Gasteiger partial charge is 0.385 e. The summed E-state index contributed by atoms with van der Waals surface area (Å²) in [4.78, 5) is 11.7. The van der Waals surface area contributed by atoms with Gasteiger partial charge in [0.15, 0.2) is 0 Å². The van der Waals surface area contributed by atoms with E-state index >= 15 is 0 Å². The monoisotopic (exact) mass is 254 g/mol. The number of carbonyl (C=O) groups is 1. The summed E-state index contributed by atoms with van der Waals surface area (Å²) in [6.07, 6.45) is 0.457. The Morgan fingerprint density at radius 2 is 2.28 bits per heavy atom. The average Bonchev–Trinajstić information content (AvgIpc) is 2.35. The predicted molar refractivity (Wildman–Crippen MR) is 67.4 cm³/mol. The first-order valence-electron chi connectivity index (χ1n) is 5.85. The second-order valence-electron chi connectivity index (χ2n) is 4.17. The van der Waals surface area contributed by atoms with E-state index in [2.05, 4.69) is 5.32 Å². The Kier molecular flexibility index (Phi) is 5.74. The molecule has 5 heteroatoms. The van der Waals surface area contributed by atoms with Crippen molar-refractivity contribution in [2.75, 3.05) is 13.7 Å². The molecule has 1 aromatic carbocycles. The Bertz CT molecular complexity index is 398. The van der Waals surface area contributed by atoms with Crippen molar-refractivity contribution < 1.29 is 13.9 Å². The van der Waals surface area contributed by atoms with Crippen molar-refractivity contribution in [1.29, 1.82) is 0 Å². The van der Waals surface area contributed by atoms with Crippen molar-refractivity contribution in [3.8, 4) is 0 Å². The van der Waals surface area contributed by atoms with E-state index in [0.29, 0.717) is 18.6 Å². The molecule has 0 saturated heterocycles. The van der Waals surface area contributed by atoms with E-state index in [1.165, 1.54) is 12.1 Å². The van der Waals surface area contributed by atoms with Gasteiger partial charge in [-0.2, -0.15) is 0 Å². The first kappa shape index (κ1) is 14.6. The fourth-order valence-electron chi connectivity index (χ4n) is 1.56. The molecule has 1 amide bonds. The van der Waals surface area contributed by atoms with Gasteiger partial charge in [0.1, 0.15) is 5.82 Å². The van der Waals surface area contributed by atoms with E-state index in [0.717, 1.165) is 0 Å². The van der Waals surface area contributed by atoms with Gasteiger partial charge in [0.05, 0.1) is 12.1 Å². The summed E-state index contributed by atoms with van der Waals surface area (Å²) in [5.74, 6) is -0.582. The Morgan fingerprint density at radius 1 is 1.56 bits per heavy atom. The zero-order chi connectivity index (χ0) is 13.5. The molecule has 18 heavy (non-hydrogen) atoms. The maximum Gasteiger partial charge on any atom is 0.237 e. The number of hydrogen-bond acceptors (Lipinski definition) is 3. The molecule has 0 aromatic heterocycles. The topological polar surface area (TPSA) is 64.3 Å². The van der Waals surface area contributed by atoms with E-state index in [4.69, 9.17) is 10.5 Å². The molecule has 1 rings (SSSR count). The summed E-state index contributed by atoms with van der Waals surface area (Å²) in [5.41, 5.74) is 6.40. The molecule has 0 heterocycles. The molecule has 2 unspecified atom stereocenters. The minimum Gasteiger partial charge on any atom is -0.385 e. The zero-order valence-corrected chi connectivity index (χ0v) is 10.7. The number of methoxy groups -OCH3 is 1. The third-order valence-electron chi connectivity index (χ3n) is 2.68. The van der Waals surface area contributed by atoms with Crippen LogP contribution in [0.25, 0.3) is 0 Å². The van der Waals surface area contributed by atoms with Gasteiger partial charge >= 0.3 is 0 Å². The van der Waals surface area contributed by atoms with Crippen molar-refractivity contribution in [1.82, 2.24) is 5.32 Å². The molecule has 0 aliphatic heterocycles. The molecule has 2 atom stereocenters. The molecule has 0 spiro atoms. The molecular formula is C13H19FN2O2. The molecule has 4 nitrogen and oxygen atoms in total. The number of nitrogens with one attached hydrogen (secondary N) is 1. The van der Waals surface area contributed by atoms with Crippen molar-refractivity contribution in [2.24, 2.45) is 5.73 Å². The summed E-state index contributed by atoms with van der Waals surface area (Å²) in [7, 11) is 1.56. The standard InChI is InChI=1S/C13H19FN2O2/c1-9(10-4-3-5-11(14)8-10)16-13(17)12(15)6-7-18-2/h3-5,8-9,12H,6-7,15H2,1-2H3,(H,16,17). The molecule has 0 saturated carbocycles. The Hall–Kier alpha value is -1.46. The van der Waals surface area contributed by atoms with E-state index in [1.54, 1.807) is 26.2 Å². The van der Waals surface area contributed by atoms with Crippen LogP contribution in [-0.4, -0.2) is 25.7 Å². The number of carbonyl (C=O) groups excluding carboxylic acids is 1. The van der Waals surface area contributed by atoms with Crippen molar-refractivity contribution in [2.45, 2.75) is 25.4 Å². The minimum atomic E-state index is -0.610. The van der Waals surface area contributed by atoms with Crippen molar-refractivity contribution in [3.63, 3.8) is 0 Å². The zero-order valence-electron chi connectivity index (χ0n) is 10.7. The van der Waals surface area contributed by atoms with Crippen LogP contribution < -0.4 is 11.1 Å². The smallest absolute Gasteiger partial charge is 0.237 e. The normalized spacial score (nSPS) is 14.0. The number of ether oxygens (including phenoxy) is 1. The van der Waals surface area contributed by atoms with Gasteiger partial charge in [0.25, 0.3) is 0 Å². The fourth-order valence-corrected chi connectivity index (χ4v) is 1.56. The van der Waals surface area contributed by atoms with E-state index < -0.39 is 6.04 Å². The van der Waals surface area contributed by atoms with Gasteiger partial charge in [-0.3, -0.25) is 4.79 Å². The fraction of sp³-hybridized carbons (Fsp3) is 0.462. The predicted octanol–water partition coefficient (Wildman–Crippen LogP) is 1.37. The summed E-state index contributed by atoms with van der Waals surface area (Å²) in [6, 6.07) is 5.24. The number of hydrogen-bond donors (Lipinski definition) is 2. The summed E-state index contributed by atoms with van der Waals surface area (Å²) in [5, 5.41) is 2.75. The molecule has 0 fully saturated rings. The van der Waals surface area contributed by atoms with Crippen LogP contribution in [0, 0.1) is 5.82 Å². The molecular weight excluding hydrogens is 235 g/mol. The second kappa shape index (κ2) is 7.08. The summed E-state index contributed by atoms with van der Waals surface area (Å²) < 4.78 is 17.9. The lowest BCUT2D eigenvalue weighted by Gasteiger charge is -2.17. The average molecular weight is 254 g/mol. The van der Waals surface area contributed by atoms with Crippen LogP contribution in [-0.2, 0) is 9.53 Å². The lowest BCUT2D eigenvalue weighted by atomic mass is 10.1. The highest BCUT2D eigenvalue weighted by Gasteiger charge is 2.16. The highest BCUT2D eigenvalue weighted by atomic mass is 19.1. The summed E-state index contributed by atoms with van der Waals surface area (Å²) >= 11 is 0. The van der Waals surface area contributed by atoms with E-state index in [9.17, 15) is 9.18 Å². The molecule has 1 aromatic rings. The molecule has 0 radical (unpaired) electrons. The van der Waals surface area contributed by atoms with Gasteiger partial charge in [0, 0.05) is 13.7 Å². The van der Waals surface area contributed by atoms with Crippen molar-refractivity contribution in [3.05, 3.63) is 35.6 Å². The quantitative estimate of drug-likeness (QED) is 0.805. The first-order valence-corrected chi connectivity index (χ1v) is 5.85. The molecule has 3 N–H and O–H groups in total. The summed E-state index contributed by atoms with van der Waals surface area (Å²) in [6.45, 7) is 2.22. The third-order valence-corrected chi connectivity index (χ3v) is 2.68. The van der Waals surface area contributed by atoms with Crippen LogP contribution in [0.3, 0.4) is 0 Å². The van der Waals surface area contributed by atoms with Crippen LogP contribution in [0.1, 0.15) is 24.9 Å². The Balaban J connectivity index is 2.54. The van der Waals surface area contributed by atoms with Gasteiger partial charge in [-0.25, -0.2) is 4.39 Å². The lowest BCUT2D eigenvalue weighted by Crippen LogP contribution is -2.42. The van der Waals surface area contributed by atoms with Crippen LogP contribution in [0.2, 0.25) is 0 Å². The number of benzene rings is 1. The highest BCUT2D eigenvalue weighted by molar-refractivity contribution is 5.81. The number of halogens is 1. The van der Waals surface area contributed by atoms with Crippen LogP contribution in [0.4, 0.5) is 4.39 Å². The SMILES string of the molecule is COCCC(N)C(=O)NC(C)c1cccc(F)c1. The van der Waals surface area contributed by atoms with Gasteiger partial charge in [-0.05, 0) is 31.0 Å². The van der Waals surface area contributed by atoms with Crippen molar-refractivity contribution >= 4 is 5.91 Å². The molecule has 100 valence electrons. The molecule has 0 aliphatic carbocycles. The second-order valence-corrected chi connectivity index (χ2v) is 4.17. The number of rotatable bonds is 6. The van der Waals surface area contributed by atoms with Crippen LogP contribution in [0.5, 0.6) is 0 Å². The highest BCUT2D eigenvalue weighted by Crippen LogP contribution is 2.13. The minimum absolute atomic E-state index is 0.260. The number of amides is 1. The van der Waals surface area contributed by atoms with Gasteiger partial charge in [-0.15, -0.1) is 0 Å². The van der Waals surface area contributed by atoms with Gasteiger partial charge in [0.2, 0.25) is 5.91 Å².